The predicted octanol–water partition coefficient (Wildman–Crippen LogP) is 2.76. The van der Waals surface area contributed by atoms with Crippen molar-refractivity contribution in [1.82, 2.24) is 9.88 Å². The van der Waals surface area contributed by atoms with Gasteiger partial charge in [-0.15, -0.1) is 0 Å². The van der Waals surface area contributed by atoms with Gasteiger partial charge in [0.15, 0.2) is 5.76 Å². The van der Waals surface area contributed by atoms with Crippen LogP contribution in [0.5, 0.6) is 5.88 Å². The molecule has 2 saturated heterocycles. The second-order valence-corrected chi connectivity index (χ2v) is 6.89. The van der Waals surface area contributed by atoms with Gasteiger partial charge in [0.25, 0.3) is 5.91 Å². The van der Waals surface area contributed by atoms with Gasteiger partial charge in [-0.3, -0.25) is 4.79 Å². The first-order valence-corrected chi connectivity index (χ1v) is 8.72. The van der Waals surface area contributed by atoms with E-state index < -0.39 is 0 Å². The van der Waals surface area contributed by atoms with Crippen LogP contribution >= 0.6 is 0 Å². The third-order valence-electron chi connectivity index (χ3n) is 5.18. The van der Waals surface area contributed by atoms with Crippen LogP contribution in [-0.4, -0.2) is 48.2 Å². The minimum absolute atomic E-state index is 0.0196. The molecule has 0 unspecified atom stereocenters. The smallest absolute Gasteiger partial charge is 0.289 e. The second kappa shape index (κ2) is 6.88. The Kier molecular flexibility index (Phi) is 4.44. The zero-order chi connectivity index (χ0) is 17.1. The average molecular weight is 342 g/mol. The molecule has 2 aromatic rings. The summed E-state index contributed by atoms with van der Waals surface area (Å²) in [4.78, 5) is 18.4. The largest absolute Gasteiger partial charge is 0.475 e. The van der Waals surface area contributed by atoms with Crippen molar-refractivity contribution in [1.29, 1.82) is 0 Å². The highest BCUT2D eigenvalue weighted by Crippen LogP contribution is 2.42. The number of pyridine rings is 1. The summed E-state index contributed by atoms with van der Waals surface area (Å²) in [7, 11) is 0. The summed E-state index contributed by atoms with van der Waals surface area (Å²) in [5.41, 5.74) is 0.165. The standard InChI is InChI=1S/C19H22N2O4/c22-18(16-4-3-11-23-16)21-9-6-19(7-10-21)12-15(25-14-19)13-24-17-5-1-2-8-20-17/h1-5,8,11,15H,6-7,9-10,12-14H2/t15-/m1/s1. The summed E-state index contributed by atoms with van der Waals surface area (Å²) in [6.07, 6.45) is 6.24. The zero-order valence-corrected chi connectivity index (χ0v) is 14.1. The van der Waals surface area contributed by atoms with Gasteiger partial charge in [-0.2, -0.15) is 0 Å². The van der Waals surface area contributed by atoms with Gasteiger partial charge in [0, 0.05) is 25.4 Å². The number of nitrogens with zero attached hydrogens (tertiary/aromatic N) is 2. The lowest BCUT2D eigenvalue weighted by Crippen LogP contribution is -2.43. The quantitative estimate of drug-likeness (QED) is 0.855. The number of carbonyl (C=O) groups is 1. The van der Waals surface area contributed by atoms with Gasteiger partial charge in [-0.25, -0.2) is 4.98 Å². The van der Waals surface area contributed by atoms with E-state index in [1.807, 2.05) is 23.1 Å². The fourth-order valence-corrected chi connectivity index (χ4v) is 3.70. The Labute approximate surface area is 146 Å². The lowest BCUT2D eigenvalue weighted by molar-refractivity contribution is 0.0410. The molecule has 0 bridgehead atoms. The molecule has 6 heteroatoms. The van der Waals surface area contributed by atoms with Gasteiger partial charge < -0.3 is 18.8 Å². The van der Waals surface area contributed by atoms with Crippen molar-refractivity contribution in [3.8, 4) is 5.88 Å². The van der Waals surface area contributed by atoms with Crippen molar-refractivity contribution in [3.63, 3.8) is 0 Å². The van der Waals surface area contributed by atoms with Crippen molar-refractivity contribution < 1.29 is 18.7 Å². The monoisotopic (exact) mass is 342 g/mol. The average Bonchev–Trinajstić information content (AvgIpc) is 3.32. The molecule has 2 aliphatic heterocycles. The Morgan fingerprint density at radius 3 is 2.88 bits per heavy atom. The Hall–Kier alpha value is -2.34. The van der Waals surface area contributed by atoms with Gasteiger partial charge in [0.1, 0.15) is 6.61 Å². The SMILES string of the molecule is O=C(c1ccco1)N1CCC2(CC1)CO[C@@H](COc1ccccn1)C2. The number of likely N-dealkylation sites (tertiary alicyclic amines) is 1. The van der Waals surface area contributed by atoms with Crippen LogP contribution in [0.4, 0.5) is 0 Å². The number of amides is 1. The van der Waals surface area contributed by atoms with E-state index in [1.54, 1.807) is 18.3 Å². The molecule has 2 aromatic heterocycles. The lowest BCUT2D eigenvalue weighted by Gasteiger charge is -2.38. The summed E-state index contributed by atoms with van der Waals surface area (Å²) < 4.78 is 16.9. The number of piperidine rings is 1. The van der Waals surface area contributed by atoms with Crippen LogP contribution in [0.15, 0.2) is 47.2 Å². The number of hydrogen-bond donors (Lipinski definition) is 0. The highest BCUT2D eigenvalue weighted by atomic mass is 16.5. The lowest BCUT2D eigenvalue weighted by atomic mass is 9.76. The van der Waals surface area contributed by atoms with Crippen LogP contribution < -0.4 is 4.74 Å². The topological polar surface area (TPSA) is 64.8 Å². The van der Waals surface area contributed by atoms with Crippen molar-refractivity contribution in [2.75, 3.05) is 26.3 Å². The number of rotatable bonds is 4. The summed E-state index contributed by atoms with van der Waals surface area (Å²) in [5, 5.41) is 0. The highest BCUT2D eigenvalue weighted by molar-refractivity contribution is 5.91. The van der Waals surface area contributed by atoms with Gasteiger partial charge in [0.05, 0.1) is 19.0 Å². The molecule has 25 heavy (non-hydrogen) atoms. The van der Waals surface area contributed by atoms with E-state index in [1.165, 1.54) is 6.26 Å². The van der Waals surface area contributed by atoms with Crippen LogP contribution in [0, 0.1) is 5.41 Å². The molecule has 6 nitrogen and oxygen atoms in total. The molecule has 0 N–H and O–H groups in total. The molecule has 2 aliphatic rings. The molecule has 0 aliphatic carbocycles. The highest BCUT2D eigenvalue weighted by Gasteiger charge is 2.43. The predicted molar refractivity (Wildman–Crippen MR) is 90.4 cm³/mol. The number of furan rings is 1. The molecule has 1 amide bonds. The Bertz CT molecular complexity index is 693. The fourth-order valence-electron chi connectivity index (χ4n) is 3.70. The first-order chi connectivity index (χ1) is 12.2. The number of carbonyl (C=O) groups excluding carboxylic acids is 1. The van der Waals surface area contributed by atoms with E-state index in [9.17, 15) is 4.79 Å². The summed E-state index contributed by atoms with van der Waals surface area (Å²) in [6.45, 7) is 2.76. The molecule has 132 valence electrons. The first-order valence-electron chi connectivity index (χ1n) is 8.72. The number of hydrogen-bond acceptors (Lipinski definition) is 5. The minimum Gasteiger partial charge on any atom is -0.475 e. The molecule has 1 spiro atoms. The van der Waals surface area contributed by atoms with Crippen molar-refractivity contribution in [2.45, 2.75) is 25.4 Å². The third-order valence-corrected chi connectivity index (χ3v) is 5.18. The van der Waals surface area contributed by atoms with Crippen molar-refractivity contribution in [3.05, 3.63) is 48.6 Å². The fraction of sp³-hybridized carbons (Fsp3) is 0.474. The molecule has 4 rings (SSSR count). The Balaban J connectivity index is 1.28. The first kappa shape index (κ1) is 16.1. The van der Waals surface area contributed by atoms with Crippen molar-refractivity contribution in [2.24, 2.45) is 5.41 Å². The number of aromatic nitrogens is 1. The van der Waals surface area contributed by atoms with Gasteiger partial charge in [0.2, 0.25) is 5.88 Å². The molecule has 0 radical (unpaired) electrons. The van der Waals surface area contributed by atoms with E-state index in [4.69, 9.17) is 13.9 Å². The normalized spacial score (nSPS) is 22.2. The molecule has 1 atom stereocenters. The van der Waals surface area contributed by atoms with Crippen LogP contribution in [-0.2, 0) is 4.74 Å². The van der Waals surface area contributed by atoms with Crippen molar-refractivity contribution >= 4 is 5.91 Å². The van der Waals surface area contributed by atoms with Crippen LogP contribution in [0.1, 0.15) is 29.8 Å². The zero-order valence-electron chi connectivity index (χ0n) is 14.1. The van der Waals surface area contributed by atoms with E-state index in [-0.39, 0.29) is 17.4 Å². The van der Waals surface area contributed by atoms with Gasteiger partial charge in [-0.05, 0) is 42.9 Å². The summed E-state index contributed by atoms with van der Waals surface area (Å²) in [6, 6.07) is 9.09. The van der Waals surface area contributed by atoms with E-state index >= 15 is 0 Å². The number of ether oxygens (including phenoxy) is 2. The second-order valence-electron chi connectivity index (χ2n) is 6.89. The molecular formula is C19H22N2O4. The molecule has 0 saturated carbocycles. The maximum Gasteiger partial charge on any atom is 0.289 e. The van der Waals surface area contributed by atoms with Gasteiger partial charge in [-0.1, -0.05) is 6.07 Å². The van der Waals surface area contributed by atoms with Crippen LogP contribution in [0.2, 0.25) is 0 Å². The Morgan fingerprint density at radius 1 is 1.28 bits per heavy atom. The molecule has 4 heterocycles. The molecule has 2 fully saturated rings. The summed E-state index contributed by atoms with van der Waals surface area (Å²) in [5.74, 6) is 1.03. The maximum atomic E-state index is 12.4. The maximum absolute atomic E-state index is 12.4. The third kappa shape index (κ3) is 3.54. The van der Waals surface area contributed by atoms with Gasteiger partial charge >= 0.3 is 0 Å². The Morgan fingerprint density at radius 2 is 2.16 bits per heavy atom. The van der Waals surface area contributed by atoms with E-state index in [0.717, 1.165) is 39.0 Å². The van der Waals surface area contributed by atoms with Crippen LogP contribution in [0.25, 0.3) is 0 Å². The minimum atomic E-state index is -0.0196. The van der Waals surface area contributed by atoms with E-state index in [0.29, 0.717) is 18.2 Å². The molecular weight excluding hydrogens is 320 g/mol. The molecule has 0 aromatic carbocycles. The van der Waals surface area contributed by atoms with Crippen LogP contribution in [0.3, 0.4) is 0 Å². The van der Waals surface area contributed by atoms with E-state index in [2.05, 4.69) is 4.98 Å². The summed E-state index contributed by atoms with van der Waals surface area (Å²) >= 11 is 0.